The SMILES string of the molecule is CC(C)(C)c1cc(CCC(=O)N/N=C\c2ccc(OCc3c(Cl)cccc3Cl)cc2)cc(C(C)(C)C)c1O. The highest BCUT2D eigenvalue weighted by atomic mass is 35.5. The van der Waals surface area contributed by atoms with Gasteiger partial charge < -0.3 is 9.84 Å². The van der Waals surface area contributed by atoms with E-state index in [0.717, 1.165) is 27.8 Å². The van der Waals surface area contributed by atoms with Gasteiger partial charge >= 0.3 is 0 Å². The number of ether oxygens (including phenoxy) is 1. The average molecular weight is 556 g/mol. The van der Waals surface area contributed by atoms with E-state index in [1.165, 1.54) is 0 Å². The summed E-state index contributed by atoms with van der Waals surface area (Å²) in [6.07, 6.45) is 2.42. The highest BCUT2D eigenvalue weighted by Gasteiger charge is 2.26. The molecule has 38 heavy (non-hydrogen) atoms. The van der Waals surface area contributed by atoms with Crippen LogP contribution in [0.2, 0.25) is 10.0 Å². The molecule has 2 N–H and O–H groups in total. The van der Waals surface area contributed by atoms with E-state index in [1.54, 1.807) is 24.4 Å². The molecule has 0 heterocycles. The number of amides is 1. The number of carbonyl (C=O) groups is 1. The Kier molecular flexibility index (Phi) is 9.50. The Hall–Kier alpha value is -3.02. The van der Waals surface area contributed by atoms with Crippen LogP contribution >= 0.6 is 23.2 Å². The Balaban J connectivity index is 1.56. The average Bonchev–Trinajstić information content (AvgIpc) is 2.82. The van der Waals surface area contributed by atoms with E-state index in [9.17, 15) is 9.90 Å². The topological polar surface area (TPSA) is 70.9 Å². The van der Waals surface area contributed by atoms with Crippen molar-refractivity contribution in [3.8, 4) is 11.5 Å². The summed E-state index contributed by atoms with van der Waals surface area (Å²) >= 11 is 12.4. The van der Waals surface area contributed by atoms with Crippen molar-refractivity contribution in [1.29, 1.82) is 0 Å². The van der Waals surface area contributed by atoms with E-state index in [0.29, 0.717) is 28.0 Å². The molecule has 3 rings (SSSR count). The lowest BCUT2D eigenvalue weighted by atomic mass is 9.78. The molecule has 0 bridgehead atoms. The zero-order chi connectivity index (χ0) is 28.1. The minimum absolute atomic E-state index is 0.180. The lowest BCUT2D eigenvalue weighted by Crippen LogP contribution is -2.20. The molecule has 0 saturated carbocycles. The largest absolute Gasteiger partial charge is 0.507 e. The van der Waals surface area contributed by atoms with Crippen LogP contribution in [0.25, 0.3) is 0 Å². The summed E-state index contributed by atoms with van der Waals surface area (Å²) in [5, 5.41) is 16.1. The lowest BCUT2D eigenvalue weighted by Gasteiger charge is -2.28. The summed E-state index contributed by atoms with van der Waals surface area (Å²) in [5.41, 5.74) is 6.52. The summed E-state index contributed by atoms with van der Waals surface area (Å²) in [5.74, 6) is 0.827. The maximum Gasteiger partial charge on any atom is 0.240 e. The van der Waals surface area contributed by atoms with Crippen molar-refractivity contribution in [1.82, 2.24) is 5.43 Å². The van der Waals surface area contributed by atoms with Gasteiger partial charge in [0.1, 0.15) is 18.1 Å². The number of carbonyl (C=O) groups excluding carboxylic acids is 1. The summed E-state index contributed by atoms with van der Waals surface area (Å²) in [7, 11) is 0. The van der Waals surface area contributed by atoms with Gasteiger partial charge in [-0.2, -0.15) is 5.10 Å². The maximum absolute atomic E-state index is 12.5. The second kappa shape index (κ2) is 12.2. The number of aryl methyl sites for hydroxylation is 1. The molecule has 3 aromatic rings. The first-order valence-electron chi connectivity index (χ1n) is 12.6. The predicted molar refractivity (Wildman–Crippen MR) is 157 cm³/mol. The predicted octanol–water partition coefficient (Wildman–Crippen LogP) is 7.96. The lowest BCUT2D eigenvalue weighted by molar-refractivity contribution is -0.121. The monoisotopic (exact) mass is 554 g/mol. The number of aromatic hydroxyl groups is 1. The van der Waals surface area contributed by atoms with Crippen LogP contribution in [0, 0.1) is 0 Å². The molecule has 0 atom stereocenters. The van der Waals surface area contributed by atoms with Crippen molar-refractivity contribution < 1.29 is 14.6 Å². The van der Waals surface area contributed by atoms with E-state index in [2.05, 4.69) is 52.1 Å². The molecule has 5 nitrogen and oxygen atoms in total. The molecule has 0 saturated heterocycles. The molecular formula is C31H36Cl2N2O3. The van der Waals surface area contributed by atoms with Crippen LogP contribution in [-0.4, -0.2) is 17.2 Å². The summed E-state index contributed by atoms with van der Waals surface area (Å²) in [6.45, 7) is 12.7. The Morgan fingerprint density at radius 2 is 1.50 bits per heavy atom. The molecule has 0 fully saturated rings. The molecule has 0 aliphatic rings. The fraction of sp³-hybridized carbons (Fsp3) is 0.355. The number of hydrogen-bond donors (Lipinski definition) is 2. The number of phenols is 1. The molecule has 1 amide bonds. The van der Waals surface area contributed by atoms with E-state index in [-0.39, 0.29) is 29.8 Å². The van der Waals surface area contributed by atoms with E-state index in [4.69, 9.17) is 27.9 Å². The van der Waals surface area contributed by atoms with Crippen LogP contribution in [0.4, 0.5) is 0 Å². The normalized spacial score (nSPS) is 12.1. The van der Waals surface area contributed by atoms with Gasteiger partial charge in [0.15, 0.2) is 0 Å². The van der Waals surface area contributed by atoms with E-state index >= 15 is 0 Å². The zero-order valence-corrected chi connectivity index (χ0v) is 24.4. The van der Waals surface area contributed by atoms with Gasteiger partial charge in [0, 0.05) is 22.0 Å². The zero-order valence-electron chi connectivity index (χ0n) is 22.9. The van der Waals surface area contributed by atoms with Crippen molar-refractivity contribution in [3.63, 3.8) is 0 Å². The number of benzene rings is 3. The minimum Gasteiger partial charge on any atom is -0.507 e. The number of hydrazone groups is 1. The van der Waals surface area contributed by atoms with Crippen molar-refractivity contribution >= 4 is 35.3 Å². The summed E-state index contributed by atoms with van der Waals surface area (Å²) in [6, 6.07) is 16.7. The fourth-order valence-corrected chi connectivity index (χ4v) is 4.46. The molecule has 3 aromatic carbocycles. The van der Waals surface area contributed by atoms with Gasteiger partial charge in [-0.15, -0.1) is 0 Å². The fourth-order valence-electron chi connectivity index (χ4n) is 3.95. The molecule has 202 valence electrons. The third-order valence-electron chi connectivity index (χ3n) is 6.15. The second-order valence-corrected chi connectivity index (χ2v) is 12.2. The van der Waals surface area contributed by atoms with Gasteiger partial charge in [-0.25, -0.2) is 5.43 Å². The van der Waals surface area contributed by atoms with Crippen LogP contribution < -0.4 is 10.2 Å². The number of rotatable bonds is 8. The number of hydrogen-bond acceptors (Lipinski definition) is 4. The highest BCUT2D eigenvalue weighted by molar-refractivity contribution is 6.35. The first-order valence-corrected chi connectivity index (χ1v) is 13.4. The van der Waals surface area contributed by atoms with Crippen LogP contribution in [-0.2, 0) is 28.7 Å². The third-order valence-corrected chi connectivity index (χ3v) is 6.86. The van der Waals surface area contributed by atoms with Crippen molar-refractivity contribution in [2.45, 2.75) is 71.8 Å². The number of halogens is 2. The molecule has 0 aliphatic heterocycles. The van der Waals surface area contributed by atoms with Gasteiger partial charge in [-0.3, -0.25) is 4.79 Å². The first-order chi connectivity index (χ1) is 17.8. The number of nitrogens with zero attached hydrogens (tertiary/aromatic N) is 1. The summed E-state index contributed by atoms with van der Waals surface area (Å²) < 4.78 is 5.79. The third kappa shape index (κ3) is 7.99. The van der Waals surface area contributed by atoms with E-state index < -0.39 is 0 Å². The van der Waals surface area contributed by atoms with Crippen molar-refractivity contribution in [2.75, 3.05) is 0 Å². The quantitative estimate of drug-likeness (QED) is 0.219. The van der Waals surface area contributed by atoms with Crippen molar-refractivity contribution in [3.05, 3.63) is 92.5 Å². The molecular weight excluding hydrogens is 519 g/mol. The molecule has 0 radical (unpaired) electrons. The molecule has 7 heteroatoms. The highest BCUT2D eigenvalue weighted by Crippen LogP contribution is 2.40. The first kappa shape index (κ1) is 29.5. The second-order valence-electron chi connectivity index (χ2n) is 11.4. The Labute approximate surface area is 235 Å². The summed E-state index contributed by atoms with van der Waals surface area (Å²) in [4.78, 5) is 12.5. The standard InChI is InChI=1S/C31H36Cl2N2O3/c1-30(2,3)24-16-21(17-25(29(24)37)31(4,5)6)12-15-28(36)35-34-18-20-10-13-22(14-11-20)38-19-23-26(32)8-7-9-27(23)33/h7-11,13-14,16-18,37H,12,15,19H2,1-6H3,(H,35,36)/b34-18-. The minimum atomic E-state index is -0.213. The van der Waals surface area contributed by atoms with E-state index in [1.807, 2.05) is 36.4 Å². The number of phenolic OH excluding ortho intramolecular Hbond substituents is 1. The van der Waals surface area contributed by atoms with Gasteiger partial charge in [0.2, 0.25) is 5.91 Å². The van der Waals surface area contributed by atoms with Crippen LogP contribution in [0.1, 0.15) is 75.8 Å². The van der Waals surface area contributed by atoms with Crippen LogP contribution in [0.15, 0.2) is 59.7 Å². The van der Waals surface area contributed by atoms with Gasteiger partial charge in [0.25, 0.3) is 0 Å². The molecule has 0 aliphatic carbocycles. The molecule has 0 aromatic heterocycles. The molecule has 0 unspecified atom stereocenters. The van der Waals surface area contributed by atoms with Crippen molar-refractivity contribution in [2.24, 2.45) is 5.10 Å². The number of nitrogens with one attached hydrogen (secondary N) is 1. The van der Waals surface area contributed by atoms with Crippen LogP contribution in [0.5, 0.6) is 11.5 Å². The van der Waals surface area contributed by atoms with Gasteiger partial charge in [0.05, 0.1) is 6.21 Å². The maximum atomic E-state index is 12.5. The van der Waals surface area contributed by atoms with Crippen LogP contribution in [0.3, 0.4) is 0 Å². The smallest absolute Gasteiger partial charge is 0.240 e. The Bertz CT molecular complexity index is 1250. The van der Waals surface area contributed by atoms with Gasteiger partial charge in [-0.05, 0) is 75.9 Å². The Morgan fingerprint density at radius 3 is 2.03 bits per heavy atom. The van der Waals surface area contributed by atoms with Gasteiger partial charge in [-0.1, -0.05) is 82.9 Å². The Morgan fingerprint density at radius 1 is 0.947 bits per heavy atom. The molecule has 0 spiro atoms.